The van der Waals surface area contributed by atoms with E-state index >= 15 is 0 Å². The molecule has 5 nitrogen and oxygen atoms in total. The number of Topliss-reactive ketones (excluding diaryl/α,β-unsaturated/α-hetero) is 1. The van der Waals surface area contributed by atoms with Crippen LogP contribution in [0.1, 0.15) is 32.1 Å². The van der Waals surface area contributed by atoms with Crippen LogP contribution >= 0.6 is 0 Å². The summed E-state index contributed by atoms with van der Waals surface area (Å²) in [5.74, 6) is 0.558. The Balaban J connectivity index is 2.08. The van der Waals surface area contributed by atoms with Crippen LogP contribution in [0.4, 0.5) is 0 Å². The van der Waals surface area contributed by atoms with Crippen LogP contribution in [0.25, 0.3) is 0 Å². The second-order valence-electron chi connectivity index (χ2n) is 4.67. The molecule has 18 heavy (non-hydrogen) atoms. The first kappa shape index (κ1) is 12.8. The van der Waals surface area contributed by atoms with E-state index in [2.05, 4.69) is 5.10 Å². The highest BCUT2D eigenvalue weighted by Crippen LogP contribution is 2.24. The van der Waals surface area contributed by atoms with Crippen molar-refractivity contribution in [2.75, 3.05) is 7.11 Å². The Morgan fingerprint density at radius 3 is 2.78 bits per heavy atom. The highest BCUT2D eigenvalue weighted by molar-refractivity contribution is 5.80. The van der Waals surface area contributed by atoms with Gasteiger partial charge in [-0.1, -0.05) is 19.3 Å². The standard InChI is InChI=1S/C13H18N2O3/c1-18-12-7-8-13(17)15(14-12)9-11(16)10-5-3-2-4-6-10/h7-8,10H,2-6,9H2,1H3. The van der Waals surface area contributed by atoms with Gasteiger partial charge in [-0.2, -0.15) is 0 Å². The molecule has 1 saturated carbocycles. The number of aromatic nitrogens is 2. The van der Waals surface area contributed by atoms with Gasteiger partial charge in [0.05, 0.1) is 7.11 Å². The fraction of sp³-hybridized carbons (Fsp3) is 0.615. The average Bonchev–Trinajstić information content (AvgIpc) is 2.42. The molecule has 0 unspecified atom stereocenters. The molecule has 0 aliphatic heterocycles. The van der Waals surface area contributed by atoms with Gasteiger partial charge in [-0.3, -0.25) is 9.59 Å². The molecule has 0 radical (unpaired) electrons. The molecule has 1 aromatic rings. The van der Waals surface area contributed by atoms with E-state index in [1.807, 2.05) is 0 Å². The second kappa shape index (κ2) is 5.80. The summed E-state index contributed by atoms with van der Waals surface area (Å²) in [6.07, 6.45) is 5.31. The molecule has 0 bridgehead atoms. The molecular formula is C13H18N2O3. The molecule has 1 aromatic heterocycles. The number of methoxy groups -OCH3 is 1. The Labute approximate surface area is 106 Å². The molecule has 1 fully saturated rings. The SMILES string of the molecule is COc1ccc(=O)n(CC(=O)C2CCCCC2)n1. The van der Waals surface area contributed by atoms with Crippen LogP contribution < -0.4 is 10.3 Å². The Morgan fingerprint density at radius 2 is 2.11 bits per heavy atom. The van der Waals surface area contributed by atoms with Crippen molar-refractivity contribution < 1.29 is 9.53 Å². The summed E-state index contributed by atoms with van der Waals surface area (Å²) < 4.78 is 6.15. The molecule has 1 aliphatic carbocycles. The van der Waals surface area contributed by atoms with Gasteiger partial charge in [0.2, 0.25) is 5.88 Å². The number of rotatable bonds is 4. The molecular weight excluding hydrogens is 232 g/mol. The minimum absolute atomic E-state index is 0.0562. The summed E-state index contributed by atoms with van der Waals surface area (Å²) in [5, 5.41) is 3.99. The van der Waals surface area contributed by atoms with Gasteiger partial charge in [0.15, 0.2) is 5.78 Å². The van der Waals surface area contributed by atoms with Crippen LogP contribution in [0, 0.1) is 5.92 Å². The lowest BCUT2D eigenvalue weighted by Crippen LogP contribution is -2.30. The molecule has 0 atom stereocenters. The van der Waals surface area contributed by atoms with Gasteiger partial charge >= 0.3 is 0 Å². The maximum absolute atomic E-state index is 12.1. The topological polar surface area (TPSA) is 61.2 Å². The maximum Gasteiger partial charge on any atom is 0.267 e. The van der Waals surface area contributed by atoms with Gasteiger partial charge in [0.25, 0.3) is 5.56 Å². The molecule has 5 heteroatoms. The number of nitrogens with zero attached hydrogens (tertiary/aromatic N) is 2. The molecule has 98 valence electrons. The number of hydrogen-bond donors (Lipinski definition) is 0. The van der Waals surface area contributed by atoms with Crippen molar-refractivity contribution in [2.24, 2.45) is 5.92 Å². The van der Waals surface area contributed by atoms with E-state index in [1.165, 1.54) is 30.3 Å². The first-order valence-corrected chi connectivity index (χ1v) is 6.35. The summed E-state index contributed by atoms with van der Waals surface area (Å²) >= 11 is 0. The van der Waals surface area contributed by atoms with Crippen molar-refractivity contribution in [3.05, 3.63) is 22.5 Å². The van der Waals surface area contributed by atoms with Crippen molar-refractivity contribution in [1.82, 2.24) is 9.78 Å². The Morgan fingerprint density at radius 1 is 1.39 bits per heavy atom. The zero-order chi connectivity index (χ0) is 13.0. The predicted molar refractivity (Wildman–Crippen MR) is 66.6 cm³/mol. The summed E-state index contributed by atoms with van der Waals surface area (Å²) in [6.45, 7) is 0.0562. The minimum Gasteiger partial charge on any atom is -0.480 e. The second-order valence-corrected chi connectivity index (χ2v) is 4.67. The van der Waals surface area contributed by atoms with E-state index in [4.69, 9.17) is 4.74 Å². The number of ketones is 1. The highest BCUT2D eigenvalue weighted by atomic mass is 16.5. The lowest BCUT2D eigenvalue weighted by Gasteiger charge is -2.20. The van der Waals surface area contributed by atoms with E-state index < -0.39 is 0 Å². The Bertz CT molecular complexity index is 475. The number of carbonyl (C=O) groups excluding carboxylic acids is 1. The Hall–Kier alpha value is -1.65. The molecule has 0 saturated heterocycles. The van der Waals surface area contributed by atoms with Crippen LogP contribution in [0.15, 0.2) is 16.9 Å². The molecule has 0 N–H and O–H groups in total. The normalized spacial score (nSPS) is 16.5. The van der Waals surface area contributed by atoms with Gasteiger partial charge in [-0.25, -0.2) is 4.68 Å². The van der Waals surface area contributed by atoms with Gasteiger partial charge in [-0.05, 0) is 12.8 Å². The van der Waals surface area contributed by atoms with Crippen LogP contribution in [0.2, 0.25) is 0 Å². The number of carbonyl (C=O) groups is 1. The third kappa shape index (κ3) is 2.97. The van der Waals surface area contributed by atoms with Crippen LogP contribution in [-0.4, -0.2) is 22.7 Å². The van der Waals surface area contributed by atoms with Crippen LogP contribution in [0.3, 0.4) is 0 Å². The molecule has 0 aromatic carbocycles. The minimum atomic E-state index is -0.264. The highest BCUT2D eigenvalue weighted by Gasteiger charge is 2.21. The van der Waals surface area contributed by atoms with Crippen LogP contribution in [-0.2, 0) is 11.3 Å². The first-order chi connectivity index (χ1) is 8.70. The van der Waals surface area contributed by atoms with Crippen molar-refractivity contribution in [3.63, 3.8) is 0 Å². The van der Waals surface area contributed by atoms with Gasteiger partial charge in [0.1, 0.15) is 6.54 Å². The largest absolute Gasteiger partial charge is 0.480 e. The van der Waals surface area contributed by atoms with Crippen molar-refractivity contribution >= 4 is 5.78 Å². The quantitative estimate of drug-likeness (QED) is 0.810. The van der Waals surface area contributed by atoms with Crippen LogP contribution in [0.5, 0.6) is 5.88 Å². The molecule has 0 amide bonds. The summed E-state index contributed by atoms with van der Waals surface area (Å²) in [6, 6.07) is 2.88. The van der Waals surface area contributed by atoms with Crippen molar-refractivity contribution in [3.8, 4) is 5.88 Å². The van der Waals surface area contributed by atoms with Gasteiger partial charge < -0.3 is 4.74 Å². The lowest BCUT2D eigenvalue weighted by molar-refractivity contribution is -0.124. The number of hydrogen-bond acceptors (Lipinski definition) is 4. The molecule has 1 heterocycles. The van der Waals surface area contributed by atoms with Crippen molar-refractivity contribution in [1.29, 1.82) is 0 Å². The van der Waals surface area contributed by atoms with E-state index in [9.17, 15) is 9.59 Å². The lowest BCUT2D eigenvalue weighted by atomic mass is 9.86. The van der Waals surface area contributed by atoms with Crippen molar-refractivity contribution in [2.45, 2.75) is 38.6 Å². The maximum atomic E-state index is 12.1. The van der Waals surface area contributed by atoms with E-state index in [-0.39, 0.29) is 23.8 Å². The summed E-state index contributed by atoms with van der Waals surface area (Å²) in [5.41, 5.74) is -0.264. The fourth-order valence-corrected chi connectivity index (χ4v) is 2.35. The van der Waals surface area contributed by atoms with E-state index in [0.29, 0.717) is 5.88 Å². The number of ether oxygens (including phenoxy) is 1. The van der Waals surface area contributed by atoms with E-state index in [1.54, 1.807) is 0 Å². The summed E-state index contributed by atoms with van der Waals surface area (Å²) in [4.78, 5) is 23.7. The third-order valence-corrected chi connectivity index (χ3v) is 3.42. The zero-order valence-electron chi connectivity index (χ0n) is 10.6. The third-order valence-electron chi connectivity index (χ3n) is 3.42. The molecule has 0 spiro atoms. The smallest absolute Gasteiger partial charge is 0.267 e. The zero-order valence-corrected chi connectivity index (χ0v) is 10.6. The summed E-state index contributed by atoms with van der Waals surface area (Å²) in [7, 11) is 1.49. The average molecular weight is 250 g/mol. The molecule has 2 rings (SSSR count). The van der Waals surface area contributed by atoms with Gasteiger partial charge in [0, 0.05) is 18.1 Å². The Kier molecular flexibility index (Phi) is 4.12. The fourth-order valence-electron chi connectivity index (χ4n) is 2.35. The first-order valence-electron chi connectivity index (χ1n) is 6.35. The van der Waals surface area contributed by atoms with E-state index in [0.717, 1.165) is 25.7 Å². The monoisotopic (exact) mass is 250 g/mol. The molecule has 1 aliphatic rings. The predicted octanol–water partition coefficient (Wildman–Crippen LogP) is 1.40. The van der Waals surface area contributed by atoms with Gasteiger partial charge in [-0.15, -0.1) is 5.10 Å².